The Bertz CT molecular complexity index is 554. The summed E-state index contributed by atoms with van der Waals surface area (Å²) >= 11 is 0. The fraction of sp³-hybridized carbons (Fsp3) is 0.700. The van der Waals surface area contributed by atoms with Gasteiger partial charge in [0.25, 0.3) is 0 Å². The first-order chi connectivity index (χ1) is 8.98. The number of aromatic nitrogens is 3. The number of amides is 1. The van der Waals surface area contributed by atoms with Crippen LogP contribution in [0.25, 0.3) is 0 Å². The van der Waals surface area contributed by atoms with Crippen LogP contribution in [0.1, 0.15) is 12.1 Å². The second-order valence-electron chi connectivity index (χ2n) is 4.55. The van der Waals surface area contributed by atoms with E-state index in [0.29, 0.717) is 18.5 Å². The Morgan fingerprint density at radius 1 is 1.58 bits per heavy atom. The van der Waals surface area contributed by atoms with E-state index in [0.717, 1.165) is 0 Å². The molecule has 106 valence electrons. The van der Waals surface area contributed by atoms with E-state index in [1.54, 1.807) is 6.20 Å². The minimum atomic E-state index is -2.99. The minimum Gasteiger partial charge on any atom is -0.396 e. The zero-order chi connectivity index (χ0) is 13.9. The van der Waals surface area contributed by atoms with E-state index in [2.05, 4.69) is 15.6 Å². The van der Waals surface area contributed by atoms with Crippen LogP contribution in [0.3, 0.4) is 0 Å². The van der Waals surface area contributed by atoms with E-state index in [4.69, 9.17) is 5.11 Å². The lowest BCUT2D eigenvalue weighted by Gasteiger charge is -2.10. The smallest absolute Gasteiger partial charge is 0.242 e. The normalized spacial score (nSPS) is 21.4. The second kappa shape index (κ2) is 5.66. The molecule has 1 fully saturated rings. The van der Waals surface area contributed by atoms with E-state index in [1.165, 1.54) is 4.68 Å². The summed E-state index contributed by atoms with van der Waals surface area (Å²) in [6.07, 6.45) is 2.44. The van der Waals surface area contributed by atoms with E-state index >= 15 is 0 Å². The van der Waals surface area contributed by atoms with E-state index in [1.807, 2.05) is 0 Å². The predicted molar refractivity (Wildman–Crippen MR) is 66.0 cm³/mol. The van der Waals surface area contributed by atoms with Crippen molar-refractivity contribution in [2.45, 2.75) is 25.4 Å². The number of nitrogens with one attached hydrogen (secondary N) is 1. The van der Waals surface area contributed by atoms with Gasteiger partial charge in [-0.05, 0) is 6.42 Å². The van der Waals surface area contributed by atoms with Crippen molar-refractivity contribution in [3.8, 4) is 0 Å². The lowest BCUT2D eigenvalue weighted by molar-refractivity contribution is -0.122. The van der Waals surface area contributed by atoms with E-state index < -0.39 is 9.84 Å². The largest absolute Gasteiger partial charge is 0.396 e. The molecule has 1 aliphatic rings. The average molecular weight is 288 g/mol. The number of aliphatic hydroxyl groups is 1. The lowest BCUT2D eigenvalue weighted by Crippen LogP contribution is -2.37. The van der Waals surface area contributed by atoms with Gasteiger partial charge in [0.1, 0.15) is 6.54 Å². The molecule has 1 aromatic rings. The van der Waals surface area contributed by atoms with Crippen molar-refractivity contribution < 1.29 is 18.3 Å². The maximum absolute atomic E-state index is 11.7. The molecule has 1 saturated heterocycles. The van der Waals surface area contributed by atoms with Gasteiger partial charge in [0.15, 0.2) is 9.84 Å². The summed E-state index contributed by atoms with van der Waals surface area (Å²) in [5, 5.41) is 18.9. The van der Waals surface area contributed by atoms with Gasteiger partial charge in [-0.15, -0.1) is 5.10 Å². The summed E-state index contributed by atoms with van der Waals surface area (Å²) in [6.45, 7) is -0.0280. The van der Waals surface area contributed by atoms with Gasteiger partial charge in [-0.2, -0.15) is 0 Å². The molecule has 1 aromatic heterocycles. The summed E-state index contributed by atoms with van der Waals surface area (Å²) < 4.78 is 23.9. The van der Waals surface area contributed by atoms with Crippen LogP contribution in [0.5, 0.6) is 0 Å². The van der Waals surface area contributed by atoms with Gasteiger partial charge < -0.3 is 10.4 Å². The number of aliphatic hydroxyl groups excluding tert-OH is 1. The molecule has 0 bridgehead atoms. The number of rotatable bonds is 5. The van der Waals surface area contributed by atoms with Crippen LogP contribution < -0.4 is 5.32 Å². The quantitative estimate of drug-likeness (QED) is 0.655. The molecule has 1 amide bonds. The zero-order valence-electron chi connectivity index (χ0n) is 10.3. The topological polar surface area (TPSA) is 114 Å². The molecule has 0 saturated carbocycles. The number of carbonyl (C=O) groups excluding carboxylic acids is 1. The Morgan fingerprint density at radius 3 is 3.00 bits per heavy atom. The Labute approximate surface area is 110 Å². The average Bonchev–Trinajstić information content (AvgIpc) is 2.86. The molecule has 0 aliphatic carbocycles. The van der Waals surface area contributed by atoms with Crippen LogP contribution in [-0.4, -0.2) is 58.6 Å². The highest BCUT2D eigenvalue weighted by molar-refractivity contribution is 7.91. The molecule has 1 unspecified atom stereocenters. The number of nitrogens with zero attached hydrogens (tertiary/aromatic N) is 3. The Balaban J connectivity index is 1.84. The van der Waals surface area contributed by atoms with Crippen molar-refractivity contribution in [1.82, 2.24) is 20.3 Å². The SMILES string of the molecule is O=C(Cn1cc(CCO)nn1)NC1CCS(=O)(=O)C1. The van der Waals surface area contributed by atoms with Crippen molar-refractivity contribution in [2.75, 3.05) is 18.1 Å². The monoisotopic (exact) mass is 288 g/mol. The van der Waals surface area contributed by atoms with E-state index in [9.17, 15) is 13.2 Å². The summed E-state index contributed by atoms with van der Waals surface area (Å²) in [5.74, 6) is -0.157. The zero-order valence-corrected chi connectivity index (χ0v) is 11.1. The summed E-state index contributed by atoms with van der Waals surface area (Å²) in [5.41, 5.74) is 0.610. The first kappa shape index (κ1) is 13.9. The molecule has 2 rings (SSSR count). The highest BCUT2D eigenvalue weighted by atomic mass is 32.2. The molecule has 0 aromatic carbocycles. The van der Waals surface area contributed by atoms with Gasteiger partial charge >= 0.3 is 0 Å². The molecule has 0 radical (unpaired) electrons. The van der Waals surface area contributed by atoms with Gasteiger partial charge in [-0.1, -0.05) is 5.21 Å². The highest BCUT2D eigenvalue weighted by Gasteiger charge is 2.28. The maximum Gasteiger partial charge on any atom is 0.242 e. The lowest BCUT2D eigenvalue weighted by atomic mass is 10.2. The van der Waals surface area contributed by atoms with Gasteiger partial charge in [0.05, 0.1) is 17.2 Å². The number of hydrogen-bond acceptors (Lipinski definition) is 6. The Hall–Kier alpha value is -1.48. The standard InChI is InChI=1S/C10H16N4O4S/c15-3-1-8-5-14(13-12-8)6-10(16)11-9-2-4-19(17,18)7-9/h5,9,15H,1-4,6-7H2,(H,11,16). The molecule has 2 N–H and O–H groups in total. The first-order valence-electron chi connectivity index (χ1n) is 5.98. The Morgan fingerprint density at radius 2 is 2.37 bits per heavy atom. The van der Waals surface area contributed by atoms with Crippen molar-refractivity contribution in [3.63, 3.8) is 0 Å². The van der Waals surface area contributed by atoms with Crippen LogP contribution in [-0.2, 0) is 27.6 Å². The minimum absolute atomic E-state index is 0.00498. The van der Waals surface area contributed by atoms with E-state index in [-0.39, 0.29) is 36.6 Å². The van der Waals surface area contributed by atoms with Gasteiger partial charge in [-0.3, -0.25) is 4.79 Å². The molecule has 0 spiro atoms. The third-order valence-corrected chi connectivity index (χ3v) is 4.63. The summed E-state index contributed by atoms with van der Waals surface area (Å²) in [6, 6.07) is -0.307. The second-order valence-corrected chi connectivity index (χ2v) is 6.78. The molecular weight excluding hydrogens is 272 g/mol. The molecule has 1 atom stereocenters. The fourth-order valence-corrected chi connectivity index (χ4v) is 3.65. The van der Waals surface area contributed by atoms with Gasteiger partial charge in [0.2, 0.25) is 5.91 Å². The summed E-state index contributed by atoms with van der Waals surface area (Å²) in [7, 11) is -2.99. The maximum atomic E-state index is 11.7. The molecule has 2 heterocycles. The molecule has 9 heteroatoms. The van der Waals surface area contributed by atoms with Crippen molar-refractivity contribution in [2.24, 2.45) is 0 Å². The molecular formula is C10H16N4O4S. The van der Waals surface area contributed by atoms with Crippen LogP contribution >= 0.6 is 0 Å². The van der Waals surface area contributed by atoms with Gasteiger partial charge in [-0.25, -0.2) is 13.1 Å². The summed E-state index contributed by atoms with van der Waals surface area (Å²) in [4.78, 5) is 11.7. The molecule has 19 heavy (non-hydrogen) atoms. The fourth-order valence-electron chi connectivity index (χ4n) is 1.97. The highest BCUT2D eigenvalue weighted by Crippen LogP contribution is 2.11. The molecule has 1 aliphatic heterocycles. The first-order valence-corrected chi connectivity index (χ1v) is 7.80. The number of hydrogen-bond donors (Lipinski definition) is 2. The number of carbonyl (C=O) groups is 1. The van der Waals surface area contributed by atoms with Crippen LogP contribution in [0.2, 0.25) is 0 Å². The van der Waals surface area contributed by atoms with Crippen molar-refractivity contribution >= 4 is 15.7 Å². The van der Waals surface area contributed by atoms with Gasteiger partial charge in [0, 0.05) is 25.3 Å². The third-order valence-electron chi connectivity index (χ3n) is 2.86. The van der Waals surface area contributed by atoms with Crippen LogP contribution in [0.4, 0.5) is 0 Å². The van der Waals surface area contributed by atoms with Crippen molar-refractivity contribution in [1.29, 1.82) is 0 Å². The Kier molecular flexibility index (Phi) is 4.15. The predicted octanol–water partition coefficient (Wildman–Crippen LogP) is -1.88. The molecule has 8 nitrogen and oxygen atoms in total. The third kappa shape index (κ3) is 4.00. The van der Waals surface area contributed by atoms with Crippen molar-refractivity contribution in [3.05, 3.63) is 11.9 Å². The number of sulfone groups is 1. The van der Waals surface area contributed by atoms with Crippen LogP contribution in [0, 0.1) is 0 Å². The van der Waals surface area contributed by atoms with Crippen LogP contribution in [0.15, 0.2) is 6.20 Å².